The van der Waals surface area contributed by atoms with Gasteiger partial charge in [0.05, 0.1) is 10.9 Å². The Morgan fingerprint density at radius 2 is 1.53 bits per heavy atom. The second-order valence-corrected chi connectivity index (χ2v) is 9.97. The number of carbonyl (C=O) groups excluding carboxylic acids is 2. The van der Waals surface area contributed by atoms with Crippen LogP contribution in [0.25, 0.3) is 11.3 Å². The molecule has 0 aliphatic rings. The van der Waals surface area contributed by atoms with Crippen molar-refractivity contribution in [2.45, 2.75) is 17.1 Å². The van der Waals surface area contributed by atoms with Crippen molar-refractivity contribution >= 4 is 63.1 Å². The Kier molecular flexibility index (Phi) is 7.84. The molecule has 0 spiro atoms. The van der Waals surface area contributed by atoms with Crippen LogP contribution in [-0.4, -0.2) is 22.2 Å². The number of carbonyl (C=O) groups is 2. The summed E-state index contributed by atoms with van der Waals surface area (Å²) in [6, 6.07) is 23.7. The minimum atomic E-state index is -0.330. The van der Waals surface area contributed by atoms with Gasteiger partial charge in [0.1, 0.15) is 0 Å². The molecule has 0 saturated heterocycles. The topological polar surface area (TPSA) is 83.1 Å². The summed E-state index contributed by atoms with van der Waals surface area (Å²) in [5.41, 5.74) is 3.10. The maximum Gasteiger partial charge on any atom is 0.323 e. The van der Waals surface area contributed by atoms with Gasteiger partial charge in [-0.1, -0.05) is 41.9 Å². The van der Waals surface area contributed by atoms with Gasteiger partial charge in [0.25, 0.3) is 0 Å². The second kappa shape index (κ2) is 11.2. The summed E-state index contributed by atoms with van der Waals surface area (Å²) in [7, 11) is 0. The van der Waals surface area contributed by atoms with Crippen LogP contribution in [0, 0.1) is 0 Å². The Labute approximate surface area is 210 Å². The van der Waals surface area contributed by atoms with Crippen LogP contribution in [0.2, 0.25) is 5.02 Å². The lowest BCUT2D eigenvalue weighted by atomic mass is 10.2. The van der Waals surface area contributed by atoms with E-state index in [4.69, 9.17) is 11.6 Å². The van der Waals surface area contributed by atoms with E-state index in [9.17, 15) is 9.59 Å². The highest BCUT2D eigenvalue weighted by Crippen LogP contribution is 2.28. The van der Waals surface area contributed by atoms with E-state index in [1.165, 1.54) is 23.1 Å². The third kappa shape index (κ3) is 6.60. The number of thiazole rings is 1. The smallest absolute Gasteiger partial charge is 0.308 e. The number of nitrogens with zero attached hydrogens (tertiary/aromatic N) is 1. The zero-order valence-corrected chi connectivity index (χ0v) is 20.5. The van der Waals surface area contributed by atoms with E-state index in [-0.39, 0.29) is 17.2 Å². The zero-order valence-electron chi connectivity index (χ0n) is 18.1. The number of amides is 3. The molecule has 3 amide bonds. The van der Waals surface area contributed by atoms with Crippen LogP contribution < -0.4 is 16.0 Å². The minimum Gasteiger partial charge on any atom is -0.308 e. The highest BCUT2D eigenvalue weighted by atomic mass is 35.5. The number of aromatic nitrogens is 1. The molecule has 0 bridgehead atoms. The largest absolute Gasteiger partial charge is 0.323 e. The predicted octanol–water partition coefficient (Wildman–Crippen LogP) is 7.23. The number of para-hydroxylation sites is 1. The normalized spacial score (nSPS) is 11.5. The summed E-state index contributed by atoms with van der Waals surface area (Å²) < 4.78 is 0. The molecule has 0 saturated carbocycles. The van der Waals surface area contributed by atoms with Crippen molar-refractivity contribution in [2.75, 3.05) is 16.0 Å². The van der Waals surface area contributed by atoms with Crippen molar-refractivity contribution < 1.29 is 9.59 Å². The number of rotatable bonds is 7. The summed E-state index contributed by atoms with van der Waals surface area (Å²) in [5.74, 6) is -0.133. The molecular weight excluding hydrogens is 488 g/mol. The summed E-state index contributed by atoms with van der Waals surface area (Å²) in [6.45, 7) is 1.84. The van der Waals surface area contributed by atoms with Crippen molar-refractivity contribution in [3.05, 3.63) is 89.3 Å². The lowest BCUT2D eigenvalue weighted by Crippen LogP contribution is -2.22. The van der Waals surface area contributed by atoms with Crippen LogP contribution >= 0.6 is 34.7 Å². The molecule has 1 unspecified atom stereocenters. The van der Waals surface area contributed by atoms with Crippen molar-refractivity contribution in [1.29, 1.82) is 0 Å². The van der Waals surface area contributed by atoms with Gasteiger partial charge in [-0.2, -0.15) is 0 Å². The zero-order chi connectivity index (χ0) is 23.9. The van der Waals surface area contributed by atoms with E-state index in [2.05, 4.69) is 20.9 Å². The number of benzene rings is 3. The third-order valence-electron chi connectivity index (χ3n) is 4.70. The van der Waals surface area contributed by atoms with Crippen molar-refractivity contribution in [3.63, 3.8) is 0 Å². The van der Waals surface area contributed by atoms with Gasteiger partial charge in [-0.05, 0) is 55.5 Å². The summed E-state index contributed by atoms with van der Waals surface area (Å²) in [6.07, 6.45) is 0. The summed E-state index contributed by atoms with van der Waals surface area (Å²) >= 11 is 8.74. The molecular formula is C25H21ClN4O2S2. The van der Waals surface area contributed by atoms with Gasteiger partial charge in [-0.25, -0.2) is 9.78 Å². The molecule has 6 nitrogen and oxygen atoms in total. The molecule has 0 radical (unpaired) electrons. The van der Waals surface area contributed by atoms with Crippen LogP contribution in [0.3, 0.4) is 0 Å². The van der Waals surface area contributed by atoms with Gasteiger partial charge in [0.2, 0.25) is 5.91 Å². The molecule has 1 atom stereocenters. The van der Waals surface area contributed by atoms with Gasteiger partial charge < -0.3 is 16.0 Å². The van der Waals surface area contributed by atoms with Crippen molar-refractivity contribution in [3.8, 4) is 11.3 Å². The lowest BCUT2D eigenvalue weighted by molar-refractivity contribution is -0.115. The number of hydrogen-bond acceptors (Lipinski definition) is 5. The Hall–Kier alpha value is -3.33. The standard InChI is InChI=1S/C25H21ClN4O2S2/c1-16(23(31)30-25-29-22(15-33-25)17-7-9-18(26)10-8-17)34-21-13-11-20(12-14-21)28-24(32)27-19-5-3-2-4-6-19/h2-16H,1H3,(H2,27,28,32)(H,29,30,31). The van der Waals surface area contributed by atoms with Gasteiger partial charge in [0, 0.05) is 32.2 Å². The van der Waals surface area contributed by atoms with E-state index in [1.54, 1.807) is 12.1 Å². The summed E-state index contributed by atoms with van der Waals surface area (Å²) in [4.78, 5) is 30.2. The van der Waals surface area contributed by atoms with Crippen LogP contribution in [0.15, 0.2) is 89.1 Å². The van der Waals surface area contributed by atoms with Crippen LogP contribution in [-0.2, 0) is 4.79 Å². The molecule has 3 aromatic carbocycles. The molecule has 0 aliphatic heterocycles. The minimum absolute atomic E-state index is 0.133. The second-order valence-electron chi connectivity index (χ2n) is 7.26. The Balaban J connectivity index is 1.28. The molecule has 0 aliphatic carbocycles. The predicted molar refractivity (Wildman–Crippen MR) is 142 cm³/mol. The highest BCUT2D eigenvalue weighted by Gasteiger charge is 2.16. The average Bonchev–Trinajstić information content (AvgIpc) is 3.30. The number of urea groups is 1. The van der Waals surface area contributed by atoms with E-state index in [1.807, 2.05) is 79.0 Å². The number of anilines is 3. The number of nitrogens with one attached hydrogen (secondary N) is 3. The molecule has 3 N–H and O–H groups in total. The maximum absolute atomic E-state index is 12.6. The molecule has 9 heteroatoms. The Bertz CT molecular complexity index is 1260. The molecule has 0 fully saturated rings. The SMILES string of the molecule is CC(Sc1ccc(NC(=O)Nc2ccccc2)cc1)C(=O)Nc1nc(-c2ccc(Cl)cc2)cs1. The maximum atomic E-state index is 12.6. The fourth-order valence-corrected chi connectivity index (χ4v) is 4.70. The molecule has 1 heterocycles. The first-order valence-corrected chi connectivity index (χ1v) is 12.5. The van der Waals surface area contributed by atoms with E-state index < -0.39 is 0 Å². The molecule has 1 aromatic heterocycles. The number of halogens is 1. The monoisotopic (exact) mass is 508 g/mol. The fourth-order valence-electron chi connectivity index (χ4n) is 2.98. The van der Waals surface area contributed by atoms with Crippen LogP contribution in [0.5, 0.6) is 0 Å². The molecule has 34 heavy (non-hydrogen) atoms. The molecule has 172 valence electrons. The number of hydrogen-bond donors (Lipinski definition) is 3. The third-order valence-corrected chi connectivity index (χ3v) is 6.82. The lowest BCUT2D eigenvalue weighted by Gasteiger charge is -2.11. The quantitative estimate of drug-likeness (QED) is 0.230. The van der Waals surface area contributed by atoms with Crippen LogP contribution in [0.1, 0.15) is 6.92 Å². The molecule has 4 aromatic rings. The van der Waals surface area contributed by atoms with Crippen molar-refractivity contribution in [2.24, 2.45) is 0 Å². The van der Waals surface area contributed by atoms with E-state index >= 15 is 0 Å². The van der Waals surface area contributed by atoms with Gasteiger partial charge in [-0.3, -0.25) is 4.79 Å². The highest BCUT2D eigenvalue weighted by molar-refractivity contribution is 8.00. The first-order valence-electron chi connectivity index (χ1n) is 10.4. The van der Waals surface area contributed by atoms with E-state index in [0.717, 1.165) is 16.2 Å². The average molecular weight is 509 g/mol. The first kappa shape index (κ1) is 23.8. The van der Waals surface area contributed by atoms with Gasteiger partial charge in [-0.15, -0.1) is 23.1 Å². The number of thioether (sulfide) groups is 1. The molecule has 4 rings (SSSR count). The van der Waals surface area contributed by atoms with Crippen LogP contribution in [0.4, 0.5) is 21.3 Å². The Morgan fingerprint density at radius 3 is 2.21 bits per heavy atom. The first-order chi connectivity index (χ1) is 16.5. The fraction of sp³-hybridized carbons (Fsp3) is 0.0800. The van der Waals surface area contributed by atoms with Gasteiger partial charge in [0.15, 0.2) is 5.13 Å². The van der Waals surface area contributed by atoms with Crippen molar-refractivity contribution in [1.82, 2.24) is 4.98 Å². The summed E-state index contributed by atoms with van der Waals surface area (Å²) in [5, 5.41) is 11.2. The Morgan fingerprint density at radius 1 is 0.882 bits per heavy atom. The van der Waals surface area contributed by atoms with Gasteiger partial charge >= 0.3 is 6.03 Å². The van der Waals surface area contributed by atoms with E-state index in [0.29, 0.717) is 21.5 Å².